The number of hydrogen-bond donors (Lipinski definition) is 3. The lowest BCUT2D eigenvalue weighted by atomic mass is 9.76. The maximum absolute atomic E-state index is 12.8. The smallest absolute Gasteiger partial charge is 0.471 e. The highest BCUT2D eigenvalue weighted by atomic mass is 19.4. The van der Waals surface area contributed by atoms with Gasteiger partial charge in [0, 0.05) is 28.6 Å². The molecule has 6 nitrogen and oxygen atoms in total. The Labute approximate surface area is 239 Å². The third-order valence-corrected chi connectivity index (χ3v) is 7.91. The van der Waals surface area contributed by atoms with Gasteiger partial charge in [-0.2, -0.15) is 13.2 Å². The van der Waals surface area contributed by atoms with Gasteiger partial charge in [0.1, 0.15) is 11.5 Å². The molecule has 0 radical (unpaired) electrons. The highest BCUT2D eigenvalue weighted by Crippen LogP contribution is 2.38. The highest BCUT2D eigenvalue weighted by Gasteiger charge is 2.39. The molecule has 0 saturated carbocycles. The predicted molar refractivity (Wildman–Crippen MR) is 156 cm³/mol. The van der Waals surface area contributed by atoms with Gasteiger partial charge in [0.15, 0.2) is 0 Å². The molecule has 3 rings (SSSR count). The number of ether oxygens (including phenoxy) is 1. The van der Waals surface area contributed by atoms with Crippen LogP contribution in [-0.4, -0.2) is 36.2 Å². The average Bonchev–Trinajstić information content (AvgIpc) is 2.92. The third-order valence-electron chi connectivity index (χ3n) is 7.91. The molecule has 0 aliphatic rings. The third kappa shape index (κ3) is 7.31. The van der Waals surface area contributed by atoms with E-state index in [0.717, 1.165) is 24.2 Å². The molecule has 3 N–H and O–H groups in total. The molecule has 0 aliphatic carbocycles. The molecule has 0 heterocycles. The number of phenolic OH excluding ortho intramolecular Hbond substituents is 1. The van der Waals surface area contributed by atoms with E-state index in [-0.39, 0.29) is 45.1 Å². The van der Waals surface area contributed by atoms with E-state index < -0.39 is 18.0 Å². The zero-order chi connectivity index (χ0) is 30.6. The molecule has 0 saturated heterocycles. The summed E-state index contributed by atoms with van der Waals surface area (Å²) in [6.07, 6.45) is -2.58. The molecule has 0 fully saturated rings. The Hall–Kier alpha value is -3.75. The van der Waals surface area contributed by atoms with Crippen LogP contribution in [0.25, 0.3) is 10.8 Å². The first kappa shape index (κ1) is 31.8. The van der Waals surface area contributed by atoms with Crippen LogP contribution in [0.3, 0.4) is 0 Å². The van der Waals surface area contributed by atoms with Crippen LogP contribution in [0, 0.1) is 0 Å². The second-order valence-corrected chi connectivity index (χ2v) is 11.5. The molecule has 222 valence electrons. The van der Waals surface area contributed by atoms with E-state index >= 15 is 0 Å². The number of alkyl halides is 3. The van der Waals surface area contributed by atoms with E-state index in [1.165, 1.54) is 35.9 Å². The monoisotopic (exact) mass is 572 g/mol. The molecule has 3 aromatic carbocycles. The SMILES string of the molecule is CCC(C)(C)c1ccc(OCCCNC(=O)c2ccc3c(NC(=O)C(F)(F)F)cccc3c2O)c(C(C)(C)CC)c1. The summed E-state index contributed by atoms with van der Waals surface area (Å²) in [5.74, 6) is -2.23. The van der Waals surface area contributed by atoms with Crippen LogP contribution in [0.15, 0.2) is 48.5 Å². The summed E-state index contributed by atoms with van der Waals surface area (Å²) in [6, 6.07) is 13.2. The van der Waals surface area contributed by atoms with Gasteiger partial charge in [-0.15, -0.1) is 0 Å². The second-order valence-electron chi connectivity index (χ2n) is 11.5. The molecule has 0 unspecified atom stereocenters. The number of hydrogen-bond acceptors (Lipinski definition) is 4. The molecular weight excluding hydrogens is 533 g/mol. The first-order chi connectivity index (χ1) is 19.1. The summed E-state index contributed by atoms with van der Waals surface area (Å²) in [5, 5.41) is 15.6. The van der Waals surface area contributed by atoms with Crippen molar-refractivity contribution in [3.05, 3.63) is 65.2 Å². The molecule has 0 bridgehead atoms. The number of halogens is 3. The zero-order valence-corrected chi connectivity index (χ0v) is 24.5. The van der Waals surface area contributed by atoms with Crippen LogP contribution in [0.5, 0.6) is 11.5 Å². The lowest BCUT2D eigenvalue weighted by Crippen LogP contribution is -2.30. The summed E-state index contributed by atoms with van der Waals surface area (Å²) < 4.78 is 44.2. The van der Waals surface area contributed by atoms with Crippen LogP contribution >= 0.6 is 0 Å². The summed E-state index contributed by atoms with van der Waals surface area (Å²) in [6.45, 7) is 13.8. The summed E-state index contributed by atoms with van der Waals surface area (Å²) in [5.41, 5.74) is 2.23. The zero-order valence-electron chi connectivity index (χ0n) is 24.5. The van der Waals surface area contributed by atoms with Crippen molar-refractivity contribution < 1.29 is 32.6 Å². The van der Waals surface area contributed by atoms with Crippen LogP contribution in [0.2, 0.25) is 0 Å². The first-order valence-electron chi connectivity index (χ1n) is 13.8. The normalized spacial score (nSPS) is 12.3. The number of rotatable bonds is 11. The lowest BCUT2D eigenvalue weighted by molar-refractivity contribution is -0.167. The minimum absolute atomic E-state index is 0.0289. The summed E-state index contributed by atoms with van der Waals surface area (Å²) in [7, 11) is 0. The quantitative estimate of drug-likeness (QED) is 0.206. The van der Waals surface area contributed by atoms with Crippen molar-refractivity contribution in [3.8, 4) is 11.5 Å². The molecule has 0 spiro atoms. The number of anilines is 1. The molecule has 0 atom stereocenters. The molecule has 9 heteroatoms. The van der Waals surface area contributed by atoms with Gasteiger partial charge in [0.2, 0.25) is 0 Å². The Bertz CT molecular complexity index is 1410. The number of carbonyl (C=O) groups is 2. The van der Waals surface area contributed by atoms with Gasteiger partial charge in [0.05, 0.1) is 12.2 Å². The van der Waals surface area contributed by atoms with E-state index in [4.69, 9.17) is 4.74 Å². The van der Waals surface area contributed by atoms with Crippen molar-refractivity contribution >= 4 is 28.3 Å². The molecular formula is C32H39F3N2O4. The van der Waals surface area contributed by atoms with Crippen LogP contribution in [0.1, 0.15) is 82.3 Å². The maximum atomic E-state index is 12.8. The molecule has 41 heavy (non-hydrogen) atoms. The van der Waals surface area contributed by atoms with E-state index in [1.807, 2.05) is 6.07 Å². The fourth-order valence-corrected chi connectivity index (χ4v) is 4.38. The Morgan fingerprint density at radius 2 is 1.59 bits per heavy atom. The number of carbonyl (C=O) groups excluding carboxylic acids is 2. The van der Waals surface area contributed by atoms with Crippen molar-refractivity contribution in [1.29, 1.82) is 0 Å². The van der Waals surface area contributed by atoms with Gasteiger partial charge in [0.25, 0.3) is 5.91 Å². The van der Waals surface area contributed by atoms with Gasteiger partial charge in [-0.1, -0.05) is 71.9 Å². The fraction of sp³-hybridized carbons (Fsp3) is 0.438. The van der Waals surface area contributed by atoms with Crippen molar-refractivity contribution in [2.45, 2.75) is 77.8 Å². The van der Waals surface area contributed by atoms with Gasteiger partial charge in [-0.05, 0) is 53.9 Å². The second kappa shape index (κ2) is 12.4. The Balaban J connectivity index is 1.66. The highest BCUT2D eigenvalue weighted by molar-refractivity contribution is 6.09. The number of fused-ring (bicyclic) bond motifs is 1. The van der Waals surface area contributed by atoms with Crippen molar-refractivity contribution in [3.63, 3.8) is 0 Å². The lowest BCUT2D eigenvalue weighted by Gasteiger charge is -2.30. The molecule has 2 amide bonds. The van der Waals surface area contributed by atoms with Crippen LogP contribution < -0.4 is 15.4 Å². The number of nitrogens with one attached hydrogen (secondary N) is 2. The largest absolute Gasteiger partial charge is 0.506 e. The van der Waals surface area contributed by atoms with Crippen LogP contribution in [0.4, 0.5) is 18.9 Å². The van der Waals surface area contributed by atoms with Crippen molar-refractivity contribution in [2.24, 2.45) is 0 Å². The Morgan fingerprint density at radius 1 is 0.902 bits per heavy atom. The first-order valence-corrected chi connectivity index (χ1v) is 13.8. The van der Waals surface area contributed by atoms with Gasteiger partial charge in [-0.3, -0.25) is 9.59 Å². The van der Waals surface area contributed by atoms with E-state index in [0.29, 0.717) is 13.0 Å². The van der Waals surface area contributed by atoms with E-state index in [9.17, 15) is 27.9 Å². The summed E-state index contributed by atoms with van der Waals surface area (Å²) in [4.78, 5) is 24.2. The van der Waals surface area contributed by atoms with Gasteiger partial charge < -0.3 is 20.5 Å². The van der Waals surface area contributed by atoms with E-state index in [2.05, 4.69) is 59.0 Å². The average molecular weight is 573 g/mol. The number of amides is 2. The number of aromatic hydroxyl groups is 1. The molecule has 3 aromatic rings. The van der Waals surface area contributed by atoms with Gasteiger partial charge >= 0.3 is 12.1 Å². The number of phenols is 1. The fourth-order valence-electron chi connectivity index (χ4n) is 4.38. The van der Waals surface area contributed by atoms with E-state index in [1.54, 1.807) is 5.32 Å². The van der Waals surface area contributed by atoms with Gasteiger partial charge in [-0.25, -0.2) is 0 Å². The Kier molecular flexibility index (Phi) is 9.62. The minimum Gasteiger partial charge on any atom is -0.506 e. The summed E-state index contributed by atoms with van der Waals surface area (Å²) >= 11 is 0. The maximum Gasteiger partial charge on any atom is 0.471 e. The van der Waals surface area contributed by atoms with Crippen molar-refractivity contribution in [1.82, 2.24) is 5.32 Å². The topological polar surface area (TPSA) is 87.7 Å². The Morgan fingerprint density at radius 3 is 2.22 bits per heavy atom. The molecule has 0 aliphatic heterocycles. The number of benzene rings is 3. The predicted octanol–water partition coefficient (Wildman–Crippen LogP) is 7.62. The standard InChI is InChI=1S/C32H39F3N2O4/c1-7-30(3,4)20-13-16-26(24(19-20)31(5,6)8-2)41-18-10-17-36-28(39)23-15-14-21-22(27(23)38)11-9-12-25(21)37-29(40)32(33,34)35/h9,11-16,19,38H,7-8,10,17-18H2,1-6H3,(H,36,39)(H,37,40). The molecule has 0 aromatic heterocycles. The minimum atomic E-state index is -5.06. The van der Waals surface area contributed by atoms with Crippen LogP contribution in [-0.2, 0) is 15.6 Å². The van der Waals surface area contributed by atoms with Crippen molar-refractivity contribution in [2.75, 3.05) is 18.5 Å².